The summed E-state index contributed by atoms with van der Waals surface area (Å²) in [5, 5.41) is 3.05. The molecule has 2 unspecified atom stereocenters. The summed E-state index contributed by atoms with van der Waals surface area (Å²) in [6, 6.07) is 14.1. The molecule has 2 aromatic rings. The highest BCUT2D eigenvalue weighted by molar-refractivity contribution is 5.82. The summed E-state index contributed by atoms with van der Waals surface area (Å²) in [5.41, 5.74) is 2.01. The van der Waals surface area contributed by atoms with Crippen LogP contribution >= 0.6 is 0 Å². The number of hydrogen-bond acceptors (Lipinski definition) is 3. The Labute approximate surface area is 193 Å². The largest absolute Gasteiger partial charge is 0.416 e. The lowest BCUT2D eigenvalue weighted by atomic mass is 9.82. The van der Waals surface area contributed by atoms with Crippen molar-refractivity contribution in [1.29, 1.82) is 0 Å². The molecule has 1 fully saturated rings. The third-order valence-electron chi connectivity index (χ3n) is 6.73. The van der Waals surface area contributed by atoms with Crippen molar-refractivity contribution < 1.29 is 18.0 Å². The van der Waals surface area contributed by atoms with E-state index in [9.17, 15) is 18.0 Å². The van der Waals surface area contributed by atoms with E-state index in [1.807, 2.05) is 18.2 Å². The van der Waals surface area contributed by atoms with Crippen molar-refractivity contribution in [2.75, 3.05) is 31.1 Å². The summed E-state index contributed by atoms with van der Waals surface area (Å²) in [5.74, 6) is 0.0289. The zero-order chi connectivity index (χ0) is 23.6. The minimum Gasteiger partial charge on any atom is -0.365 e. The Bertz CT molecular complexity index is 961. The zero-order valence-electron chi connectivity index (χ0n) is 19.2. The number of fused-ring (bicyclic) bond motifs is 3. The van der Waals surface area contributed by atoms with Gasteiger partial charge in [0.1, 0.15) is 0 Å². The second kappa shape index (κ2) is 9.75. The summed E-state index contributed by atoms with van der Waals surface area (Å²) in [6.45, 7) is 7.78. The maximum atomic E-state index is 13.3. The molecule has 2 aromatic carbocycles. The Hall–Kier alpha value is -2.54. The SMILES string of the molecule is CC(C)CCNC(=O)C1Cc2cc(C(F)(F)F)ccc2N2CCN(Cc3ccccc3)CC12. The van der Waals surface area contributed by atoms with Crippen LogP contribution in [0.5, 0.6) is 0 Å². The van der Waals surface area contributed by atoms with E-state index in [4.69, 9.17) is 0 Å². The summed E-state index contributed by atoms with van der Waals surface area (Å²) < 4.78 is 40.0. The van der Waals surface area contributed by atoms with Crippen LogP contribution in [0, 0.1) is 11.8 Å². The molecule has 0 radical (unpaired) electrons. The lowest BCUT2D eigenvalue weighted by molar-refractivity contribution is -0.137. The van der Waals surface area contributed by atoms with Crippen LogP contribution in [0.4, 0.5) is 18.9 Å². The summed E-state index contributed by atoms with van der Waals surface area (Å²) >= 11 is 0. The van der Waals surface area contributed by atoms with E-state index in [1.165, 1.54) is 11.6 Å². The molecule has 1 N–H and O–H groups in total. The lowest BCUT2D eigenvalue weighted by Gasteiger charge is -2.49. The molecule has 2 aliphatic heterocycles. The smallest absolute Gasteiger partial charge is 0.365 e. The van der Waals surface area contributed by atoms with Crippen LogP contribution in [0.25, 0.3) is 0 Å². The highest BCUT2D eigenvalue weighted by atomic mass is 19.4. The van der Waals surface area contributed by atoms with Crippen LogP contribution in [0.3, 0.4) is 0 Å². The van der Waals surface area contributed by atoms with Crippen LogP contribution in [-0.4, -0.2) is 43.0 Å². The summed E-state index contributed by atoms with van der Waals surface area (Å²) in [7, 11) is 0. The Morgan fingerprint density at radius 3 is 2.58 bits per heavy atom. The van der Waals surface area contributed by atoms with E-state index in [0.29, 0.717) is 37.5 Å². The topological polar surface area (TPSA) is 35.6 Å². The number of nitrogens with one attached hydrogen (secondary N) is 1. The summed E-state index contributed by atoms with van der Waals surface area (Å²) in [4.78, 5) is 17.7. The monoisotopic (exact) mass is 459 g/mol. The second-order valence-electron chi connectivity index (χ2n) is 9.61. The highest BCUT2D eigenvalue weighted by Gasteiger charge is 2.42. The van der Waals surface area contributed by atoms with Gasteiger partial charge < -0.3 is 10.2 Å². The number of halogens is 3. The predicted molar refractivity (Wildman–Crippen MR) is 124 cm³/mol. The first kappa shape index (κ1) is 23.6. The maximum absolute atomic E-state index is 13.3. The standard InChI is InChI=1S/C26H32F3N3O/c1-18(2)10-11-30-25(33)22-15-20-14-21(26(27,28)29)8-9-23(20)32-13-12-31(17-24(22)32)16-19-6-4-3-5-7-19/h3-9,14,18,22,24H,10-13,15-17H2,1-2H3,(H,30,33). The van der Waals surface area contributed by atoms with Crippen LogP contribution in [0.15, 0.2) is 48.5 Å². The van der Waals surface area contributed by atoms with Crippen molar-refractivity contribution >= 4 is 11.6 Å². The van der Waals surface area contributed by atoms with Gasteiger partial charge in [-0.15, -0.1) is 0 Å². The van der Waals surface area contributed by atoms with Crippen LogP contribution in [0.1, 0.15) is 37.0 Å². The third kappa shape index (κ3) is 5.52. The van der Waals surface area contributed by atoms with Crippen molar-refractivity contribution in [1.82, 2.24) is 10.2 Å². The first-order chi connectivity index (χ1) is 15.7. The van der Waals surface area contributed by atoms with Gasteiger partial charge in [-0.2, -0.15) is 13.2 Å². The van der Waals surface area contributed by atoms with Gasteiger partial charge in [0.05, 0.1) is 17.5 Å². The zero-order valence-corrected chi connectivity index (χ0v) is 19.2. The molecule has 0 spiro atoms. The van der Waals surface area contributed by atoms with Crippen molar-refractivity contribution in [3.05, 3.63) is 65.2 Å². The Balaban J connectivity index is 1.58. The quantitative estimate of drug-likeness (QED) is 0.678. The number of nitrogens with zero attached hydrogens (tertiary/aromatic N) is 2. The fourth-order valence-electron chi connectivity index (χ4n) is 4.96. The highest BCUT2D eigenvalue weighted by Crippen LogP contribution is 2.39. The first-order valence-corrected chi connectivity index (χ1v) is 11.7. The van der Waals surface area contributed by atoms with Crippen LogP contribution in [-0.2, 0) is 23.9 Å². The molecular weight excluding hydrogens is 427 g/mol. The van der Waals surface area contributed by atoms with E-state index >= 15 is 0 Å². The first-order valence-electron chi connectivity index (χ1n) is 11.7. The van der Waals surface area contributed by atoms with Crippen molar-refractivity contribution in [2.45, 2.75) is 45.5 Å². The maximum Gasteiger partial charge on any atom is 0.416 e. The normalized spacial score (nSPS) is 21.0. The average Bonchev–Trinajstić information content (AvgIpc) is 2.77. The molecule has 0 saturated carbocycles. The molecule has 4 rings (SSSR count). The van der Waals surface area contributed by atoms with E-state index < -0.39 is 11.7 Å². The van der Waals surface area contributed by atoms with E-state index in [-0.39, 0.29) is 17.9 Å². The van der Waals surface area contributed by atoms with Crippen molar-refractivity contribution in [3.8, 4) is 0 Å². The summed E-state index contributed by atoms with van der Waals surface area (Å²) in [6.07, 6.45) is -3.19. The molecular formula is C26H32F3N3O. The van der Waals surface area contributed by atoms with Crippen molar-refractivity contribution in [2.24, 2.45) is 11.8 Å². The number of rotatable bonds is 6. The molecule has 1 saturated heterocycles. The van der Waals surface area contributed by atoms with Crippen molar-refractivity contribution in [3.63, 3.8) is 0 Å². The van der Waals surface area contributed by atoms with Crippen LogP contribution in [0.2, 0.25) is 0 Å². The van der Waals surface area contributed by atoms with Gasteiger partial charge in [-0.1, -0.05) is 44.2 Å². The minimum atomic E-state index is -4.39. The lowest BCUT2D eigenvalue weighted by Crippen LogP contribution is -2.61. The molecule has 33 heavy (non-hydrogen) atoms. The average molecular weight is 460 g/mol. The van der Waals surface area contributed by atoms with Gasteiger partial charge in [-0.3, -0.25) is 9.69 Å². The number of benzene rings is 2. The molecule has 0 aromatic heterocycles. The molecule has 2 heterocycles. The molecule has 7 heteroatoms. The van der Waals surface area contributed by atoms with Gasteiger partial charge >= 0.3 is 6.18 Å². The minimum absolute atomic E-state index is 0.0599. The van der Waals surface area contributed by atoms with E-state index in [0.717, 1.165) is 31.3 Å². The molecule has 2 aliphatic rings. The van der Waals surface area contributed by atoms with E-state index in [1.54, 1.807) is 6.07 Å². The van der Waals surface area contributed by atoms with Gasteiger partial charge in [-0.25, -0.2) is 0 Å². The number of carbonyl (C=O) groups is 1. The number of hydrogen-bond donors (Lipinski definition) is 1. The molecule has 1 amide bonds. The van der Waals surface area contributed by atoms with E-state index in [2.05, 4.69) is 41.1 Å². The van der Waals surface area contributed by atoms with Gasteiger partial charge in [0, 0.05) is 38.4 Å². The number of piperazine rings is 1. The van der Waals surface area contributed by atoms with Gasteiger partial charge in [0.2, 0.25) is 5.91 Å². The Morgan fingerprint density at radius 2 is 1.88 bits per heavy atom. The predicted octanol–water partition coefficient (Wildman–Crippen LogP) is 4.73. The Kier molecular flexibility index (Phi) is 6.98. The van der Waals surface area contributed by atoms with Gasteiger partial charge in [0.15, 0.2) is 0 Å². The van der Waals surface area contributed by atoms with Gasteiger partial charge in [0.25, 0.3) is 0 Å². The second-order valence-corrected chi connectivity index (χ2v) is 9.61. The van der Waals surface area contributed by atoms with Gasteiger partial charge in [-0.05, 0) is 48.1 Å². The molecule has 178 valence electrons. The number of anilines is 1. The number of carbonyl (C=O) groups excluding carboxylic acids is 1. The number of alkyl halides is 3. The Morgan fingerprint density at radius 1 is 1.12 bits per heavy atom. The molecule has 0 aliphatic carbocycles. The fraction of sp³-hybridized carbons (Fsp3) is 0.500. The fourth-order valence-corrected chi connectivity index (χ4v) is 4.96. The molecule has 4 nitrogen and oxygen atoms in total. The van der Waals surface area contributed by atoms with Crippen LogP contribution < -0.4 is 10.2 Å². The molecule has 2 atom stereocenters. The number of amides is 1. The molecule has 0 bridgehead atoms. The third-order valence-corrected chi connectivity index (χ3v) is 6.73.